The Morgan fingerprint density at radius 1 is 1.17 bits per heavy atom. The molecule has 0 unspecified atom stereocenters. The van der Waals surface area contributed by atoms with Gasteiger partial charge in [0.2, 0.25) is 0 Å². The van der Waals surface area contributed by atoms with Crippen molar-refractivity contribution in [2.24, 2.45) is 5.73 Å². The summed E-state index contributed by atoms with van der Waals surface area (Å²) in [5.74, 6) is 1.34. The summed E-state index contributed by atoms with van der Waals surface area (Å²) in [4.78, 5) is 23.6. The van der Waals surface area contributed by atoms with Gasteiger partial charge in [0.25, 0.3) is 11.8 Å². The molecule has 3 rings (SSSR count). The molecule has 2 aromatic carbocycles. The first-order valence-electron chi connectivity index (χ1n) is 9.73. The number of fused-ring (bicyclic) bond motifs is 1. The van der Waals surface area contributed by atoms with Gasteiger partial charge in [0, 0.05) is 29.7 Å². The van der Waals surface area contributed by atoms with Crippen LogP contribution in [0.1, 0.15) is 35.3 Å². The smallest absolute Gasteiger partial charge is 0.255 e. The van der Waals surface area contributed by atoms with E-state index < -0.39 is 5.91 Å². The summed E-state index contributed by atoms with van der Waals surface area (Å²) in [6, 6.07) is 8.60. The number of ether oxygens (including phenoxy) is 4. The Hall–Kier alpha value is -3.42. The molecule has 1 aliphatic heterocycles. The Morgan fingerprint density at radius 2 is 1.97 bits per heavy atom. The van der Waals surface area contributed by atoms with Crippen molar-refractivity contribution in [3.05, 3.63) is 47.0 Å². The second kappa shape index (κ2) is 9.39. The predicted molar refractivity (Wildman–Crippen MR) is 110 cm³/mol. The lowest BCUT2D eigenvalue weighted by Crippen LogP contribution is -2.23. The molecule has 0 spiro atoms. The topological polar surface area (TPSA) is 109 Å². The average Bonchev–Trinajstić information content (AvgIpc) is 3.09. The van der Waals surface area contributed by atoms with Gasteiger partial charge >= 0.3 is 0 Å². The van der Waals surface area contributed by atoms with Crippen molar-refractivity contribution in [2.75, 3.05) is 20.3 Å². The van der Waals surface area contributed by atoms with E-state index in [-0.39, 0.29) is 25.2 Å². The zero-order valence-electron chi connectivity index (χ0n) is 17.3. The number of benzene rings is 2. The monoisotopic (exact) mass is 414 g/mol. The van der Waals surface area contributed by atoms with Gasteiger partial charge in [-0.15, -0.1) is 0 Å². The first kappa shape index (κ1) is 21.3. The van der Waals surface area contributed by atoms with Crippen LogP contribution in [-0.2, 0) is 17.8 Å². The van der Waals surface area contributed by atoms with Gasteiger partial charge < -0.3 is 30.0 Å². The van der Waals surface area contributed by atoms with Crippen molar-refractivity contribution in [1.29, 1.82) is 0 Å². The maximum absolute atomic E-state index is 12.7. The standard InChI is InChI=1S/C22H26N2O6/c1-4-28-18-9-15-7-13(2)30-19(15)10-16(18)11-24-22(26)14-5-6-17(20(8-14)27-3)29-12-21(23)25/h5-6,8-10,13H,4,7,11-12H2,1-3H3,(H2,23,25)(H,24,26)/t13-/m0/s1. The molecule has 0 bridgehead atoms. The van der Waals surface area contributed by atoms with E-state index in [0.29, 0.717) is 23.7 Å². The molecular weight excluding hydrogens is 388 g/mol. The van der Waals surface area contributed by atoms with Crippen molar-refractivity contribution in [1.82, 2.24) is 5.32 Å². The molecule has 2 amide bonds. The molecule has 8 nitrogen and oxygen atoms in total. The molecule has 1 atom stereocenters. The van der Waals surface area contributed by atoms with E-state index in [1.807, 2.05) is 26.0 Å². The Morgan fingerprint density at radius 3 is 2.67 bits per heavy atom. The lowest BCUT2D eigenvalue weighted by Gasteiger charge is -2.14. The summed E-state index contributed by atoms with van der Waals surface area (Å²) in [5, 5.41) is 2.89. The van der Waals surface area contributed by atoms with Crippen molar-refractivity contribution in [3.63, 3.8) is 0 Å². The third kappa shape index (κ3) is 4.94. The summed E-state index contributed by atoms with van der Waals surface area (Å²) < 4.78 is 22.1. The molecule has 160 valence electrons. The summed E-state index contributed by atoms with van der Waals surface area (Å²) in [6.45, 7) is 4.47. The highest BCUT2D eigenvalue weighted by Gasteiger charge is 2.22. The number of hydrogen-bond donors (Lipinski definition) is 2. The number of rotatable bonds is 9. The molecule has 1 aliphatic rings. The minimum Gasteiger partial charge on any atom is -0.494 e. The Bertz CT molecular complexity index is 943. The third-order valence-corrected chi connectivity index (χ3v) is 4.61. The molecular formula is C22H26N2O6. The van der Waals surface area contributed by atoms with E-state index in [0.717, 1.165) is 29.0 Å². The van der Waals surface area contributed by atoms with Gasteiger partial charge in [-0.3, -0.25) is 9.59 Å². The van der Waals surface area contributed by atoms with E-state index in [9.17, 15) is 9.59 Å². The average molecular weight is 414 g/mol. The van der Waals surface area contributed by atoms with Gasteiger partial charge in [0.05, 0.1) is 13.7 Å². The van der Waals surface area contributed by atoms with Gasteiger partial charge in [-0.1, -0.05) is 0 Å². The molecule has 0 aliphatic carbocycles. The quantitative estimate of drug-likeness (QED) is 0.651. The van der Waals surface area contributed by atoms with Crippen LogP contribution in [0, 0.1) is 0 Å². The molecule has 0 aromatic heterocycles. The van der Waals surface area contributed by atoms with Gasteiger partial charge in [-0.05, 0) is 44.2 Å². The van der Waals surface area contributed by atoms with Crippen LogP contribution in [0.2, 0.25) is 0 Å². The van der Waals surface area contributed by atoms with Crippen LogP contribution in [0.5, 0.6) is 23.0 Å². The SMILES string of the molecule is CCOc1cc2c(cc1CNC(=O)c1ccc(OCC(N)=O)c(OC)c1)O[C@@H](C)C2. The first-order chi connectivity index (χ1) is 14.4. The summed E-state index contributed by atoms with van der Waals surface area (Å²) in [6.07, 6.45) is 0.966. The maximum atomic E-state index is 12.7. The normalized spacial score (nSPS) is 14.4. The van der Waals surface area contributed by atoms with E-state index in [4.69, 9.17) is 24.7 Å². The maximum Gasteiger partial charge on any atom is 0.255 e. The van der Waals surface area contributed by atoms with Gasteiger partial charge in [0.1, 0.15) is 17.6 Å². The van der Waals surface area contributed by atoms with Crippen molar-refractivity contribution in [3.8, 4) is 23.0 Å². The molecule has 2 aromatic rings. The van der Waals surface area contributed by atoms with Gasteiger partial charge in [0.15, 0.2) is 18.1 Å². The minimum atomic E-state index is -0.600. The fraction of sp³-hybridized carbons (Fsp3) is 0.364. The van der Waals surface area contributed by atoms with E-state index >= 15 is 0 Å². The Balaban J connectivity index is 1.72. The molecule has 0 fully saturated rings. The third-order valence-electron chi connectivity index (χ3n) is 4.61. The molecule has 8 heteroatoms. The van der Waals surface area contributed by atoms with Crippen molar-refractivity contribution in [2.45, 2.75) is 32.9 Å². The molecule has 30 heavy (non-hydrogen) atoms. The van der Waals surface area contributed by atoms with E-state index in [1.165, 1.54) is 7.11 Å². The Labute approximate surface area is 175 Å². The van der Waals surface area contributed by atoms with Crippen LogP contribution in [0.3, 0.4) is 0 Å². The highest BCUT2D eigenvalue weighted by molar-refractivity contribution is 5.94. The van der Waals surface area contributed by atoms with Crippen LogP contribution in [0.4, 0.5) is 0 Å². The largest absolute Gasteiger partial charge is 0.494 e. The second-order valence-electron chi connectivity index (χ2n) is 6.94. The number of methoxy groups -OCH3 is 1. The second-order valence-corrected chi connectivity index (χ2v) is 6.94. The molecule has 0 radical (unpaired) electrons. The summed E-state index contributed by atoms with van der Waals surface area (Å²) in [5.41, 5.74) is 7.43. The lowest BCUT2D eigenvalue weighted by atomic mass is 10.1. The fourth-order valence-electron chi connectivity index (χ4n) is 3.26. The lowest BCUT2D eigenvalue weighted by molar-refractivity contribution is -0.119. The molecule has 3 N–H and O–H groups in total. The van der Waals surface area contributed by atoms with E-state index in [1.54, 1.807) is 18.2 Å². The zero-order valence-corrected chi connectivity index (χ0v) is 17.3. The number of amides is 2. The van der Waals surface area contributed by atoms with E-state index in [2.05, 4.69) is 5.32 Å². The number of nitrogens with two attached hydrogens (primary N) is 1. The fourth-order valence-corrected chi connectivity index (χ4v) is 3.26. The van der Waals surface area contributed by atoms with Gasteiger partial charge in [-0.2, -0.15) is 0 Å². The molecule has 1 heterocycles. The summed E-state index contributed by atoms with van der Waals surface area (Å²) >= 11 is 0. The number of hydrogen-bond acceptors (Lipinski definition) is 6. The molecule has 0 saturated carbocycles. The number of carbonyl (C=O) groups is 2. The van der Waals surface area contributed by atoms with Crippen molar-refractivity contribution < 1.29 is 28.5 Å². The van der Waals surface area contributed by atoms with Gasteiger partial charge in [-0.25, -0.2) is 0 Å². The predicted octanol–water partition coefficient (Wildman–Crippen LogP) is 2.21. The minimum absolute atomic E-state index is 0.127. The summed E-state index contributed by atoms with van der Waals surface area (Å²) in [7, 11) is 1.45. The van der Waals surface area contributed by atoms with Crippen molar-refractivity contribution >= 4 is 11.8 Å². The number of primary amides is 1. The first-order valence-corrected chi connectivity index (χ1v) is 9.73. The number of nitrogens with one attached hydrogen (secondary N) is 1. The van der Waals surface area contributed by atoms with Crippen LogP contribution in [0.25, 0.3) is 0 Å². The van der Waals surface area contributed by atoms with Crippen LogP contribution < -0.4 is 30.0 Å². The highest BCUT2D eigenvalue weighted by atomic mass is 16.5. The molecule has 0 saturated heterocycles. The Kier molecular flexibility index (Phi) is 6.66. The van der Waals surface area contributed by atoms with Crippen LogP contribution in [-0.4, -0.2) is 38.2 Å². The number of carbonyl (C=O) groups excluding carboxylic acids is 2. The van der Waals surface area contributed by atoms with Crippen LogP contribution >= 0.6 is 0 Å². The zero-order chi connectivity index (χ0) is 21.7. The highest BCUT2D eigenvalue weighted by Crippen LogP contribution is 2.35. The van der Waals surface area contributed by atoms with Crippen LogP contribution in [0.15, 0.2) is 30.3 Å².